The lowest BCUT2D eigenvalue weighted by atomic mass is 10.3. The Kier molecular flexibility index (Phi) is 2.47. The third kappa shape index (κ3) is 1.92. The van der Waals surface area contributed by atoms with E-state index in [1.807, 2.05) is 43.4 Å². The molecule has 0 saturated heterocycles. The molecule has 0 radical (unpaired) electrons. The van der Waals surface area contributed by atoms with E-state index < -0.39 is 0 Å². The molecule has 14 heavy (non-hydrogen) atoms. The van der Waals surface area contributed by atoms with Crippen LogP contribution in [0.3, 0.4) is 0 Å². The Bertz CT molecular complexity index is 386. The van der Waals surface area contributed by atoms with Crippen molar-refractivity contribution < 1.29 is 0 Å². The number of nitrogens with zero attached hydrogens (tertiary/aromatic N) is 2. The van der Waals surface area contributed by atoms with Gasteiger partial charge in [-0.05, 0) is 12.1 Å². The molecule has 2 rings (SSSR count). The zero-order chi connectivity index (χ0) is 9.97. The number of rotatable bonds is 3. The fourth-order valence-electron chi connectivity index (χ4n) is 1.32. The average molecular weight is 190 g/mol. The molecule has 1 aromatic heterocycles. The van der Waals surface area contributed by atoms with E-state index in [2.05, 4.69) is 15.4 Å². The van der Waals surface area contributed by atoms with Crippen molar-refractivity contribution in [2.45, 2.75) is 6.54 Å². The second-order valence-electron chi connectivity index (χ2n) is 3.43. The molecule has 0 spiro atoms. The lowest BCUT2D eigenvalue weighted by Gasteiger charge is -2.09. The van der Waals surface area contributed by atoms with Gasteiger partial charge in [-0.2, -0.15) is 0 Å². The number of hydrogen-bond donors (Lipinski definition) is 2. The lowest BCUT2D eigenvalue weighted by Crippen LogP contribution is -2.29. The van der Waals surface area contributed by atoms with E-state index in [0.29, 0.717) is 0 Å². The number of nitrogens with one attached hydrogen (secondary N) is 2. The zero-order valence-corrected chi connectivity index (χ0v) is 8.41. The summed E-state index contributed by atoms with van der Waals surface area (Å²) in [5.74, 6) is 0.958. The van der Waals surface area contributed by atoms with Crippen LogP contribution in [0.4, 0.5) is 0 Å². The Morgan fingerprint density at radius 3 is 2.86 bits per heavy atom. The first-order valence-corrected chi connectivity index (χ1v) is 4.60. The Balaban J connectivity index is 2.19. The molecule has 4 heteroatoms. The molecule has 1 aromatic carbocycles. The molecular weight excluding hydrogens is 176 g/mol. The van der Waals surface area contributed by atoms with Gasteiger partial charge < -0.3 is 4.98 Å². The van der Waals surface area contributed by atoms with Crippen molar-refractivity contribution in [3.05, 3.63) is 30.1 Å². The van der Waals surface area contributed by atoms with Crippen molar-refractivity contribution in [1.82, 2.24) is 20.4 Å². The molecular formula is C10H14N4. The second kappa shape index (κ2) is 3.77. The summed E-state index contributed by atoms with van der Waals surface area (Å²) < 4.78 is 0. The summed E-state index contributed by atoms with van der Waals surface area (Å²) in [5.41, 5.74) is 5.27. The van der Waals surface area contributed by atoms with Gasteiger partial charge in [0.1, 0.15) is 5.82 Å². The summed E-state index contributed by atoms with van der Waals surface area (Å²) >= 11 is 0. The smallest absolute Gasteiger partial charge is 0.122 e. The van der Waals surface area contributed by atoms with E-state index >= 15 is 0 Å². The molecule has 0 amide bonds. The highest BCUT2D eigenvalue weighted by Crippen LogP contribution is 2.09. The Hall–Kier alpha value is -1.39. The minimum absolute atomic E-state index is 0.724. The predicted molar refractivity (Wildman–Crippen MR) is 56.6 cm³/mol. The first-order chi connectivity index (χ1) is 6.75. The fourth-order valence-corrected chi connectivity index (χ4v) is 1.32. The summed E-state index contributed by atoms with van der Waals surface area (Å²) in [6, 6.07) is 8.03. The van der Waals surface area contributed by atoms with Crippen LogP contribution in [0.1, 0.15) is 5.82 Å². The van der Waals surface area contributed by atoms with Crippen LogP contribution in [0, 0.1) is 0 Å². The minimum Gasteiger partial charge on any atom is -0.341 e. The van der Waals surface area contributed by atoms with Gasteiger partial charge in [0.25, 0.3) is 0 Å². The summed E-state index contributed by atoms with van der Waals surface area (Å²) in [6.45, 7) is 0.724. The topological polar surface area (TPSA) is 44.0 Å². The molecule has 1 heterocycles. The van der Waals surface area contributed by atoms with Crippen LogP contribution < -0.4 is 5.43 Å². The maximum absolute atomic E-state index is 4.44. The highest BCUT2D eigenvalue weighted by Gasteiger charge is 2.00. The summed E-state index contributed by atoms with van der Waals surface area (Å²) in [6.07, 6.45) is 0. The van der Waals surface area contributed by atoms with Gasteiger partial charge in [0, 0.05) is 14.1 Å². The highest BCUT2D eigenvalue weighted by molar-refractivity contribution is 5.74. The standard InChI is InChI=1S/C10H14N4/c1-14(2)11-7-10-12-8-5-3-4-6-9(8)13-10/h3-6,11H,7H2,1-2H3,(H,12,13). The van der Waals surface area contributed by atoms with Crippen molar-refractivity contribution in [2.75, 3.05) is 14.1 Å². The average Bonchev–Trinajstić information content (AvgIpc) is 2.57. The molecule has 0 aliphatic heterocycles. The molecule has 0 unspecified atom stereocenters. The summed E-state index contributed by atoms with van der Waals surface area (Å²) in [4.78, 5) is 7.69. The fraction of sp³-hybridized carbons (Fsp3) is 0.300. The van der Waals surface area contributed by atoms with E-state index in [-0.39, 0.29) is 0 Å². The van der Waals surface area contributed by atoms with Crippen molar-refractivity contribution in [1.29, 1.82) is 0 Å². The predicted octanol–water partition coefficient (Wildman–Crippen LogP) is 1.13. The van der Waals surface area contributed by atoms with Crippen LogP contribution in [-0.2, 0) is 6.54 Å². The van der Waals surface area contributed by atoms with Gasteiger partial charge in [0.05, 0.1) is 17.6 Å². The van der Waals surface area contributed by atoms with E-state index in [0.717, 1.165) is 23.4 Å². The Morgan fingerprint density at radius 2 is 2.14 bits per heavy atom. The van der Waals surface area contributed by atoms with Crippen LogP contribution in [0.15, 0.2) is 24.3 Å². The molecule has 2 N–H and O–H groups in total. The summed E-state index contributed by atoms with van der Waals surface area (Å²) in [5, 5.41) is 1.91. The molecule has 4 nitrogen and oxygen atoms in total. The van der Waals surface area contributed by atoms with E-state index in [9.17, 15) is 0 Å². The molecule has 2 aromatic rings. The van der Waals surface area contributed by atoms with Crippen LogP contribution in [0.25, 0.3) is 11.0 Å². The van der Waals surface area contributed by atoms with Crippen LogP contribution in [-0.4, -0.2) is 29.1 Å². The quantitative estimate of drug-likeness (QED) is 0.713. The third-order valence-electron chi connectivity index (χ3n) is 2.00. The second-order valence-corrected chi connectivity index (χ2v) is 3.43. The molecule has 0 saturated carbocycles. The number of H-pyrrole nitrogens is 1. The van der Waals surface area contributed by atoms with Gasteiger partial charge in [0.2, 0.25) is 0 Å². The molecule has 0 fully saturated rings. The first-order valence-electron chi connectivity index (χ1n) is 4.60. The number of hydrazine groups is 1. The van der Waals surface area contributed by atoms with E-state index in [1.54, 1.807) is 0 Å². The molecule has 0 atom stereocenters. The first kappa shape index (κ1) is 9.18. The largest absolute Gasteiger partial charge is 0.341 e. The number of aromatic amines is 1. The number of benzene rings is 1. The number of imidazole rings is 1. The Morgan fingerprint density at radius 1 is 1.36 bits per heavy atom. The van der Waals surface area contributed by atoms with E-state index in [1.165, 1.54) is 0 Å². The van der Waals surface area contributed by atoms with Gasteiger partial charge in [-0.25, -0.2) is 10.4 Å². The van der Waals surface area contributed by atoms with Crippen LogP contribution in [0.2, 0.25) is 0 Å². The molecule has 0 aliphatic rings. The van der Waals surface area contributed by atoms with Gasteiger partial charge in [-0.1, -0.05) is 12.1 Å². The number of aromatic nitrogens is 2. The van der Waals surface area contributed by atoms with Crippen LogP contribution >= 0.6 is 0 Å². The van der Waals surface area contributed by atoms with Gasteiger partial charge in [-0.3, -0.25) is 5.01 Å². The maximum Gasteiger partial charge on any atom is 0.122 e. The lowest BCUT2D eigenvalue weighted by molar-refractivity contribution is 0.282. The van der Waals surface area contributed by atoms with Crippen molar-refractivity contribution in [3.63, 3.8) is 0 Å². The Labute approximate surface area is 82.9 Å². The normalized spacial score (nSPS) is 11.4. The monoisotopic (exact) mass is 190 g/mol. The maximum atomic E-state index is 4.44. The van der Waals surface area contributed by atoms with Crippen LogP contribution in [0.5, 0.6) is 0 Å². The van der Waals surface area contributed by atoms with Crippen molar-refractivity contribution in [3.8, 4) is 0 Å². The summed E-state index contributed by atoms with van der Waals surface area (Å²) in [7, 11) is 3.92. The SMILES string of the molecule is CN(C)NCc1nc2ccccc2[nH]1. The van der Waals surface area contributed by atoms with Gasteiger partial charge in [0.15, 0.2) is 0 Å². The number of para-hydroxylation sites is 2. The van der Waals surface area contributed by atoms with E-state index in [4.69, 9.17) is 0 Å². The van der Waals surface area contributed by atoms with Crippen molar-refractivity contribution >= 4 is 11.0 Å². The zero-order valence-electron chi connectivity index (χ0n) is 8.41. The third-order valence-corrected chi connectivity index (χ3v) is 2.00. The molecule has 0 bridgehead atoms. The number of hydrogen-bond acceptors (Lipinski definition) is 3. The van der Waals surface area contributed by atoms with Crippen molar-refractivity contribution in [2.24, 2.45) is 0 Å². The van der Waals surface area contributed by atoms with Gasteiger partial charge in [-0.15, -0.1) is 0 Å². The highest BCUT2D eigenvalue weighted by atomic mass is 15.5. The van der Waals surface area contributed by atoms with Gasteiger partial charge >= 0.3 is 0 Å². The minimum atomic E-state index is 0.724. The molecule has 74 valence electrons. The number of fused-ring (bicyclic) bond motifs is 1. The molecule has 0 aliphatic carbocycles.